The van der Waals surface area contributed by atoms with Gasteiger partial charge >= 0.3 is 0 Å². The molecule has 1 aliphatic carbocycles. The number of rotatable bonds is 4. The number of thioether (sulfide) groups is 1. The highest BCUT2D eigenvalue weighted by Crippen LogP contribution is 2.37. The Balaban J connectivity index is 1.79. The van der Waals surface area contributed by atoms with Crippen LogP contribution in [0.4, 0.5) is 0 Å². The number of aromatic hydroxyl groups is 1. The zero-order chi connectivity index (χ0) is 17.8. The lowest BCUT2D eigenvalue weighted by molar-refractivity contribution is -0.115. The molecule has 1 aliphatic heterocycles. The van der Waals surface area contributed by atoms with E-state index < -0.39 is 0 Å². The minimum atomic E-state index is -0.137. The number of phenolic OH excluding ortho intramolecular Hbond substituents is 1. The molecular weight excluding hydrogens is 404 g/mol. The molecule has 0 radical (unpaired) electrons. The molecule has 5 nitrogen and oxygen atoms in total. The van der Waals surface area contributed by atoms with Crippen LogP contribution in [-0.2, 0) is 4.79 Å². The molecule has 1 aromatic carbocycles. The van der Waals surface area contributed by atoms with E-state index in [0.717, 1.165) is 18.4 Å². The van der Waals surface area contributed by atoms with Crippen molar-refractivity contribution in [2.45, 2.75) is 45.1 Å². The maximum Gasteiger partial charge on any atom is 0.264 e. The van der Waals surface area contributed by atoms with Gasteiger partial charge < -0.3 is 15.2 Å². The summed E-state index contributed by atoms with van der Waals surface area (Å²) in [5.74, 6) is 0.317. The average molecular weight is 425 g/mol. The lowest BCUT2D eigenvalue weighted by Crippen LogP contribution is -2.22. The first-order valence-electron chi connectivity index (χ1n) is 8.51. The number of benzene rings is 1. The average Bonchev–Trinajstić information content (AvgIpc) is 2.92. The molecule has 0 atom stereocenters. The van der Waals surface area contributed by atoms with Crippen LogP contribution in [0, 0.1) is 0 Å². The van der Waals surface area contributed by atoms with Crippen molar-refractivity contribution >= 4 is 44.8 Å². The highest BCUT2D eigenvalue weighted by molar-refractivity contribution is 9.10. The molecule has 1 heterocycles. The van der Waals surface area contributed by atoms with E-state index in [1.54, 1.807) is 18.2 Å². The van der Waals surface area contributed by atoms with Crippen LogP contribution >= 0.6 is 27.7 Å². The summed E-state index contributed by atoms with van der Waals surface area (Å²) < 4.78 is 5.96. The lowest BCUT2D eigenvalue weighted by Gasteiger charge is -2.17. The van der Waals surface area contributed by atoms with Gasteiger partial charge in [0.25, 0.3) is 5.91 Å². The molecule has 1 amide bonds. The van der Waals surface area contributed by atoms with E-state index in [4.69, 9.17) is 4.74 Å². The highest BCUT2D eigenvalue weighted by atomic mass is 79.9. The van der Waals surface area contributed by atoms with E-state index in [2.05, 4.69) is 26.2 Å². The largest absolute Gasteiger partial charge is 0.503 e. The first-order valence-corrected chi connectivity index (χ1v) is 10.1. The summed E-state index contributed by atoms with van der Waals surface area (Å²) >= 11 is 4.69. The summed E-state index contributed by atoms with van der Waals surface area (Å²) in [5, 5.41) is 13.5. The SMILES string of the molecule is CCOc1cc(/C=C2\SC(=NC3CCCCC3)NC2=O)cc(Br)c1O. The van der Waals surface area contributed by atoms with Crippen LogP contribution in [0.1, 0.15) is 44.6 Å². The van der Waals surface area contributed by atoms with Crippen LogP contribution in [0.5, 0.6) is 11.5 Å². The van der Waals surface area contributed by atoms with Crippen LogP contribution in [0.15, 0.2) is 26.5 Å². The minimum Gasteiger partial charge on any atom is -0.503 e. The molecule has 1 saturated heterocycles. The fraction of sp³-hybridized carbons (Fsp3) is 0.444. The van der Waals surface area contributed by atoms with Gasteiger partial charge in [-0.2, -0.15) is 0 Å². The second-order valence-corrected chi connectivity index (χ2v) is 7.96. The van der Waals surface area contributed by atoms with Gasteiger partial charge in [-0.05, 0) is 71.2 Å². The molecule has 0 bridgehead atoms. The molecule has 3 rings (SSSR count). The summed E-state index contributed by atoms with van der Waals surface area (Å²) in [7, 11) is 0. The number of hydrogen-bond acceptors (Lipinski definition) is 5. The molecule has 0 aromatic heterocycles. The van der Waals surface area contributed by atoms with Gasteiger partial charge in [-0.15, -0.1) is 0 Å². The normalized spacial score (nSPS) is 21.8. The third-order valence-corrected chi connectivity index (χ3v) is 5.70. The van der Waals surface area contributed by atoms with Gasteiger partial charge in [-0.25, -0.2) is 0 Å². The monoisotopic (exact) mass is 424 g/mol. The number of aliphatic imine (C=N–C) groups is 1. The Bertz CT molecular complexity index is 727. The zero-order valence-electron chi connectivity index (χ0n) is 14.0. The number of carbonyl (C=O) groups is 1. The summed E-state index contributed by atoms with van der Waals surface area (Å²) in [6.07, 6.45) is 7.69. The lowest BCUT2D eigenvalue weighted by atomic mass is 9.96. The summed E-state index contributed by atoms with van der Waals surface area (Å²) in [4.78, 5) is 17.5. The number of carbonyl (C=O) groups excluding carboxylic acids is 1. The van der Waals surface area contributed by atoms with Crippen molar-refractivity contribution in [2.24, 2.45) is 4.99 Å². The number of hydrogen-bond donors (Lipinski definition) is 2. The van der Waals surface area contributed by atoms with Crippen molar-refractivity contribution in [3.63, 3.8) is 0 Å². The fourth-order valence-electron chi connectivity index (χ4n) is 2.96. The van der Waals surface area contributed by atoms with Crippen molar-refractivity contribution in [3.05, 3.63) is 27.1 Å². The van der Waals surface area contributed by atoms with Gasteiger partial charge in [0.15, 0.2) is 16.7 Å². The third kappa shape index (κ3) is 4.58. The Morgan fingerprint density at radius 1 is 1.40 bits per heavy atom. The van der Waals surface area contributed by atoms with Gasteiger partial charge in [-0.1, -0.05) is 19.3 Å². The van der Waals surface area contributed by atoms with Gasteiger partial charge in [0, 0.05) is 0 Å². The van der Waals surface area contributed by atoms with Crippen molar-refractivity contribution in [3.8, 4) is 11.5 Å². The quantitative estimate of drug-likeness (QED) is 0.700. The van der Waals surface area contributed by atoms with Crippen molar-refractivity contribution < 1.29 is 14.6 Å². The number of amides is 1. The Labute approximate surface area is 160 Å². The number of ether oxygens (including phenoxy) is 1. The van der Waals surface area contributed by atoms with Crippen LogP contribution in [-0.4, -0.2) is 28.8 Å². The van der Waals surface area contributed by atoms with E-state index in [1.807, 2.05) is 6.92 Å². The third-order valence-electron chi connectivity index (χ3n) is 4.17. The number of nitrogens with zero attached hydrogens (tertiary/aromatic N) is 1. The molecule has 0 unspecified atom stereocenters. The highest BCUT2D eigenvalue weighted by Gasteiger charge is 2.25. The molecule has 2 aliphatic rings. The van der Waals surface area contributed by atoms with E-state index in [-0.39, 0.29) is 11.7 Å². The summed E-state index contributed by atoms with van der Waals surface area (Å²) in [5.41, 5.74) is 0.782. The minimum absolute atomic E-state index is 0.0621. The Morgan fingerprint density at radius 3 is 2.88 bits per heavy atom. The van der Waals surface area contributed by atoms with E-state index >= 15 is 0 Å². The fourth-order valence-corrected chi connectivity index (χ4v) is 4.31. The van der Waals surface area contributed by atoms with Gasteiger partial charge in [-0.3, -0.25) is 9.79 Å². The Kier molecular flexibility index (Phi) is 6.06. The topological polar surface area (TPSA) is 70.9 Å². The van der Waals surface area contributed by atoms with Crippen LogP contribution in [0.25, 0.3) is 6.08 Å². The van der Waals surface area contributed by atoms with Crippen molar-refractivity contribution in [1.82, 2.24) is 5.32 Å². The summed E-state index contributed by atoms with van der Waals surface area (Å²) in [6, 6.07) is 3.80. The first-order chi connectivity index (χ1) is 12.1. The molecule has 2 N–H and O–H groups in total. The second kappa shape index (κ2) is 8.27. The van der Waals surface area contributed by atoms with Gasteiger partial charge in [0.1, 0.15) is 0 Å². The van der Waals surface area contributed by atoms with Crippen molar-refractivity contribution in [1.29, 1.82) is 0 Å². The van der Waals surface area contributed by atoms with Gasteiger partial charge in [0.05, 0.1) is 22.0 Å². The number of amidine groups is 1. The molecular formula is C18H21BrN2O3S. The molecule has 2 fully saturated rings. The van der Waals surface area contributed by atoms with E-state index in [9.17, 15) is 9.90 Å². The smallest absolute Gasteiger partial charge is 0.264 e. The number of nitrogens with one attached hydrogen (secondary N) is 1. The Morgan fingerprint density at radius 2 is 2.16 bits per heavy atom. The van der Waals surface area contributed by atoms with Crippen molar-refractivity contribution in [2.75, 3.05) is 6.61 Å². The number of halogens is 1. The first kappa shape index (κ1) is 18.3. The molecule has 0 spiro atoms. The number of phenols is 1. The van der Waals surface area contributed by atoms with Crippen LogP contribution < -0.4 is 10.1 Å². The maximum atomic E-state index is 12.2. The predicted molar refractivity (Wildman–Crippen MR) is 105 cm³/mol. The molecule has 25 heavy (non-hydrogen) atoms. The molecule has 1 saturated carbocycles. The maximum absolute atomic E-state index is 12.2. The standard InChI is InChI=1S/C18H21BrN2O3S/c1-2-24-14-9-11(8-13(19)16(14)22)10-15-17(23)21-18(25-15)20-12-6-4-3-5-7-12/h8-10,12,22H,2-7H2,1H3,(H,20,21,23)/b15-10-. The van der Waals surface area contributed by atoms with Crippen LogP contribution in [0.2, 0.25) is 0 Å². The van der Waals surface area contributed by atoms with Crippen LogP contribution in [0.3, 0.4) is 0 Å². The second-order valence-electron chi connectivity index (χ2n) is 6.07. The predicted octanol–water partition coefficient (Wildman–Crippen LogP) is 4.45. The van der Waals surface area contributed by atoms with Gasteiger partial charge in [0.2, 0.25) is 0 Å². The summed E-state index contributed by atoms with van der Waals surface area (Å²) in [6.45, 7) is 2.31. The Hall–Kier alpha value is -1.47. The van der Waals surface area contributed by atoms with E-state index in [0.29, 0.717) is 32.9 Å². The molecule has 7 heteroatoms. The zero-order valence-corrected chi connectivity index (χ0v) is 16.5. The molecule has 1 aromatic rings. The molecule has 134 valence electrons. The van der Waals surface area contributed by atoms with E-state index in [1.165, 1.54) is 31.0 Å².